The molecule has 6 nitrogen and oxygen atoms in total. The summed E-state index contributed by atoms with van der Waals surface area (Å²) in [6.45, 7) is 7.20. The Labute approximate surface area is 226 Å². The molecule has 1 atom stereocenters. The SMILES string of the molecule is CC(C)Oc1ccc(C(=O)N[C@@]2(C(F)(F)F)C(=O)N(CCCc3ccccc3)C3=C2C(=O)CC(C)(C)C3)cc1. The summed E-state index contributed by atoms with van der Waals surface area (Å²) >= 11 is 0. The first kappa shape index (κ1) is 28.4. The summed E-state index contributed by atoms with van der Waals surface area (Å²) in [6.07, 6.45) is -4.49. The van der Waals surface area contributed by atoms with Crippen LogP contribution in [0.4, 0.5) is 13.2 Å². The summed E-state index contributed by atoms with van der Waals surface area (Å²) in [6, 6.07) is 15.0. The number of rotatable bonds is 8. The maximum Gasteiger partial charge on any atom is 0.425 e. The third-order valence-electron chi connectivity index (χ3n) is 7.02. The highest BCUT2D eigenvalue weighted by molar-refractivity contribution is 6.14. The summed E-state index contributed by atoms with van der Waals surface area (Å²) in [5.74, 6) is -2.78. The van der Waals surface area contributed by atoms with Crippen molar-refractivity contribution in [3.05, 3.63) is 77.0 Å². The van der Waals surface area contributed by atoms with E-state index >= 15 is 0 Å². The molecule has 0 unspecified atom stereocenters. The van der Waals surface area contributed by atoms with E-state index in [9.17, 15) is 27.6 Å². The molecule has 0 fully saturated rings. The molecule has 39 heavy (non-hydrogen) atoms. The number of hydrogen-bond donors (Lipinski definition) is 1. The second-order valence-electron chi connectivity index (χ2n) is 11.2. The largest absolute Gasteiger partial charge is 0.491 e. The van der Waals surface area contributed by atoms with E-state index in [4.69, 9.17) is 4.74 Å². The summed E-state index contributed by atoms with van der Waals surface area (Å²) in [5, 5.41) is 1.98. The Balaban J connectivity index is 1.70. The Morgan fingerprint density at radius 3 is 2.26 bits per heavy atom. The van der Waals surface area contributed by atoms with E-state index < -0.39 is 40.3 Å². The van der Waals surface area contributed by atoms with Gasteiger partial charge in [0, 0.05) is 24.2 Å². The molecule has 2 aromatic carbocycles. The van der Waals surface area contributed by atoms with Gasteiger partial charge in [-0.1, -0.05) is 44.2 Å². The minimum Gasteiger partial charge on any atom is -0.491 e. The standard InChI is InChI=1S/C30H33F3N2O4/c1-19(2)39-22-14-12-21(13-15-22)26(37)34-29(30(31,32)33)25-23(17-28(3,4)18-24(25)36)35(27(29)38)16-8-11-20-9-6-5-7-10-20/h5-7,9-10,12-15,19H,8,11,16-18H2,1-4H3,(H,34,37)/t29-/m1/s1. The van der Waals surface area contributed by atoms with Crippen LogP contribution in [0.25, 0.3) is 0 Å². The van der Waals surface area contributed by atoms with E-state index in [-0.39, 0.29) is 36.8 Å². The number of benzene rings is 2. The van der Waals surface area contributed by atoms with Crippen LogP contribution in [0.2, 0.25) is 0 Å². The van der Waals surface area contributed by atoms with E-state index in [1.165, 1.54) is 24.3 Å². The van der Waals surface area contributed by atoms with Gasteiger partial charge in [0.15, 0.2) is 5.78 Å². The molecule has 1 heterocycles. The lowest BCUT2D eigenvalue weighted by Gasteiger charge is -2.35. The Morgan fingerprint density at radius 2 is 1.67 bits per heavy atom. The summed E-state index contributed by atoms with van der Waals surface area (Å²) in [4.78, 5) is 41.3. The number of carbonyl (C=O) groups is 3. The van der Waals surface area contributed by atoms with Crippen LogP contribution in [0.3, 0.4) is 0 Å². The third kappa shape index (κ3) is 5.58. The summed E-state index contributed by atoms with van der Waals surface area (Å²) in [5.41, 5.74) is -3.80. The third-order valence-corrected chi connectivity index (χ3v) is 7.02. The smallest absolute Gasteiger partial charge is 0.425 e. The topological polar surface area (TPSA) is 75.7 Å². The van der Waals surface area contributed by atoms with Gasteiger partial charge >= 0.3 is 6.18 Å². The van der Waals surface area contributed by atoms with E-state index in [0.29, 0.717) is 18.6 Å². The van der Waals surface area contributed by atoms with Crippen molar-refractivity contribution in [1.29, 1.82) is 0 Å². The fraction of sp³-hybridized carbons (Fsp3) is 0.433. The molecule has 0 bridgehead atoms. The maximum absolute atomic E-state index is 15.0. The fourth-order valence-corrected chi connectivity index (χ4v) is 5.35. The highest BCUT2D eigenvalue weighted by Gasteiger charge is 2.71. The summed E-state index contributed by atoms with van der Waals surface area (Å²) in [7, 11) is 0. The van der Waals surface area contributed by atoms with Gasteiger partial charge in [-0.05, 0) is 68.4 Å². The van der Waals surface area contributed by atoms with Gasteiger partial charge < -0.3 is 15.0 Å². The van der Waals surface area contributed by atoms with Crippen LogP contribution in [-0.2, 0) is 16.0 Å². The molecule has 2 amide bonds. The minimum absolute atomic E-state index is 0.00907. The van der Waals surface area contributed by atoms with Gasteiger partial charge in [-0.3, -0.25) is 14.4 Å². The number of ether oxygens (including phenoxy) is 1. The number of ketones is 1. The minimum atomic E-state index is -5.24. The fourth-order valence-electron chi connectivity index (χ4n) is 5.35. The van der Waals surface area contributed by atoms with Crippen LogP contribution >= 0.6 is 0 Å². The number of nitrogens with zero attached hydrogens (tertiary/aromatic N) is 1. The van der Waals surface area contributed by atoms with Gasteiger partial charge in [0.05, 0.1) is 11.7 Å². The highest BCUT2D eigenvalue weighted by Crippen LogP contribution is 2.51. The Bertz CT molecular complexity index is 1280. The molecular formula is C30H33F3N2O4. The number of halogens is 3. The quantitative estimate of drug-likeness (QED) is 0.470. The van der Waals surface area contributed by atoms with Crippen molar-refractivity contribution in [1.82, 2.24) is 10.2 Å². The van der Waals surface area contributed by atoms with Crippen molar-refractivity contribution in [2.24, 2.45) is 5.41 Å². The van der Waals surface area contributed by atoms with E-state index in [1.54, 1.807) is 13.8 Å². The second-order valence-corrected chi connectivity index (χ2v) is 11.2. The number of allylic oxidation sites excluding steroid dienone is 1. The molecule has 4 rings (SSSR count). The molecule has 2 aliphatic rings. The number of amides is 2. The number of nitrogens with one attached hydrogen (secondary N) is 1. The van der Waals surface area contributed by atoms with E-state index in [1.807, 2.05) is 49.5 Å². The lowest BCUT2D eigenvalue weighted by molar-refractivity contribution is -0.190. The Hall–Kier alpha value is -3.62. The average molecular weight is 543 g/mol. The highest BCUT2D eigenvalue weighted by atomic mass is 19.4. The molecular weight excluding hydrogens is 509 g/mol. The number of hydrogen-bond acceptors (Lipinski definition) is 4. The van der Waals surface area contributed by atoms with Crippen LogP contribution in [0, 0.1) is 5.41 Å². The number of carbonyl (C=O) groups excluding carboxylic acids is 3. The van der Waals surface area contributed by atoms with E-state index in [0.717, 1.165) is 10.5 Å². The normalized spacial score (nSPS) is 20.9. The van der Waals surface area contributed by atoms with Crippen molar-refractivity contribution in [3.8, 4) is 5.75 Å². The molecule has 208 valence electrons. The van der Waals surface area contributed by atoms with Crippen LogP contribution in [0.15, 0.2) is 65.9 Å². The van der Waals surface area contributed by atoms with Gasteiger partial charge in [-0.2, -0.15) is 13.2 Å². The number of alkyl halides is 3. The monoisotopic (exact) mass is 542 g/mol. The first-order valence-corrected chi connectivity index (χ1v) is 13.0. The van der Waals surface area contributed by atoms with Gasteiger partial charge in [-0.15, -0.1) is 0 Å². The molecule has 1 aliphatic carbocycles. The molecule has 0 aromatic heterocycles. The molecule has 0 spiro atoms. The van der Waals surface area contributed by atoms with E-state index in [2.05, 4.69) is 0 Å². The van der Waals surface area contributed by atoms with Gasteiger partial charge in [0.25, 0.3) is 11.8 Å². The van der Waals surface area contributed by atoms with Crippen molar-refractivity contribution in [2.75, 3.05) is 6.54 Å². The van der Waals surface area contributed by atoms with Crippen molar-refractivity contribution >= 4 is 17.6 Å². The van der Waals surface area contributed by atoms with Gasteiger partial charge in [-0.25, -0.2) is 0 Å². The number of aryl methyl sites for hydroxylation is 1. The lowest BCUT2D eigenvalue weighted by Crippen LogP contribution is -2.66. The zero-order valence-corrected chi connectivity index (χ0v) is 22.5. The van der Waals surface area contributed by atoms with Crippen LogP contribution in [-0.4, -0.2) is 46.9 Å². The second kappa shape index (κ2) is 10.5. The van der Waals surface area contributed by atoms with Crippen molar-refractivity contribution in [3.63, 3.8) is 0 Å². The first-order valence-electron chi connectivity index (χ1n) is 13.0. The molecule has 0 radical (unpaired) electrons. The Morgan fingerprint density at radius 1 is 1.03 bits per heavy atom. The Kier molecular flexibility index (Phi) is 7.65. The predicted octanol–water partition coefficient (Wildman–Crippen LogP) is 5.62. The summed E-state index contributed by atoms with van der Waals surface area (Å²) < 4.78 is 50.5. The average Bonchev–Trinajstić information content (AvgIpc) is 3.07. The first-order chi connectivity index (χ1) is 18.2. The van der Waals surface area contributed by atoms with Gasteiger partial charge in [0.2, 0.25) is 5.54 Å². The zero-order valence-electron chi connectivity index (χ0n) is 22.5. The molecule has 0 saturated heterocycles. The van der Waals surface area contributed by atoms with Crippen molar-refractivity contribution in [2.45, 2.75) is 71.2 Å². The van der Waals surface area contributed by atoms with Crippen molar-refractivity contribution < 1.29 is 32.3 Å². The van der Waals surface area contributed by atoms with Crippen LogP contribution < -0.4 is 10.1 Å². The lowest BCUT2D eigenvalue weighted by atomic mass is 9.72. The molecule has 2 aromatic rings. The van der Waals surface area contributed by atoms with Gasteiger partial charge in [0.1, 0.15) is 5.75 Å². The number of Topliss-reactive ketones (excluding diaryl/α,β-unsaturated/α-hetero) is 1. The molecule has 9 heteroatoms. The molecule has 1 N–H and O–H groups in total. The van der Waals surface area contributed by atoms with Crippen LogP contribution in [0.5, 0.6) is 5.75 Å². The zero-order chi connectivity index (χ0) is 28.6. The molecule has 1 aliphatic heterocycles. The van der Waals surface area contributed by atoms with Crippen LogP contribution in [0.1, 0.15) is 62.9 Å². The molecule has 0 saturated carbocycles. The predicted molar refractivity (Wildman–Crippen MR) is 140 cm³/mol. The maximum atomic E-state index is 15.0.